The minimum absolute atomic E-state index is 0.388. The van der Waals surface area contributed by atoms with Crippen LogP contribution in [0.15, 0.2) is 0 Å². The van der Waals surface area contributed by atoms with Crippen molar-refractivity contribution in [3.8, 4) is 0 Å². The third-order valence-electron chi connectivity index (χ3n) is 2.95. The molecule has 1 fully saturated rings. The van der Waals surface area contributed by atoms with Crippen molar-refractivity contribution in [2.45, 2.75) is 25.7 Å². The van der Waals surface area contributed by atoms with Crippen molar-refractivity contribution >= 4 is 6.09 Å². The molecule has 0 radical (unpaired) electrons. The Morgan fingerprint density at radius 3 is 2.53 bits per heavy atom. The zero-order chi connectivity index (χ0) is 11.1. The van der Waals surface area contributed by atoms with Gasteiger partial charge in [0, 0.05) is 13.1 Å². The van der Waals surface area contributed by atoms with E-state index in [1.807, 2.05) is 0 Å². The Morgan fingerprint density at radius 1 is 1.33 bits per heavy atom. The predicted octanol–water partition coefficient (Wildman–Crippen LogP) is 0.363. The quantitative estimate of drug-likeness (QED) is 0.440. The van der Waals surface area contributed by atoms with Crippen LogP contribution in [0.25, 0.3) is 0 Å². The van der Waals surface area contributed by atoms with Crippen LogP contribution in [0.4, 0.5) is 4.79 Å². The van der Waals surface area contributed by atoms with Crippen LogP contribution in [0.2, 0.25) is 0 Å². The minimum Gasteiger partial charge on any atom is -0.465 e. The average Bonchev–Trinajstić information content (AvgIpc) is 2.97. The van der Waals surface area contributed by atoms with E-state index in [0.717, 1.165) is 32.5 Å². The average molecular weight is 215 g/mol. The Bertz CT molecular complexity index is 205. The number of amides is 1. The molecule has 0 saturated heterocycles. The van der Waals surface area contributed by atoms with E-state index in [1.165, 1.54) is 12.8 Å². The summed E-state index contributed by atoms with van der Waals surface area (Å²) in [4.78, 5) is 10.1. The van der Waals surface area contributed by atoms with Gasteiger partial charge in [-0.05, 0) is 44.2 Å². The van der Waals surface area contributed by atoms with Crippen LogP contribution in [0.3, 0.4) is 0 Å². The molecule has 1 rings (SSSR count). The highest BCUT2D eigenvalue weighted by molar-refractivity contribution is 5.64. The second kappa shape index (κ2) is 5.92. The third kappa shape index (κ3) is 4.99. The van der Waals surface area contributed by atoms with Crippen LogP contribution < -0.4 is 16.4 Å². The largest absolute Gasteiger partial charge is 0.465 e. The number of nitrogens with two attached hydrogens (primary N) is 1. The fourth-order valence-corrected chi connectivity index (χ4v) is 1.55. The Morgan fingerprint density at radius 2 is 2.00 bits per heavy atom. The summed E-state index contributed by atoms with van der Waals surface area (Å²) in [6.45, 7) is 3.28. The third-order valence-corrected chi connectivity index (χ3v) is 2.95. The number of unbranched alkanes of at least 4 members (excludes halogenated alkanes) is 1. The van der Waals surface area contributed by atoms with Crippen molar-refractivity contribution in [1.82, 2.24) is 10.6 Å². The van der Waals surface area contributed by atoms with Gasteiger partial charge in [0.25, 0.3) is 0 Å². The van der Waals surface area contributed by atoms with Gasteiger partial charge in [-0.3, -0.25) is 0 Å². The van der Waals surface area contributed by atoms with Gasteiger partial charge in [0.05, 0.1) is 0 Å². The molecule has 0 aromatic carbocycles. The highest BCUT2D eigenvalue weighted by Crippen LogP contribution is 2.43. The summed E-state index contributed by atoms with van der Waals surface area (Å²) < 4.78 is 0. The maximum Gasteiger partial charge on any atom is 0.404 e. The molecular formula is C10H21N3O2. The molecule has 5 nitrogen and oxygen atoms in total. The number of rotatable bonds is 8. The SMILES string of the molecule is NCC1(CNCCCCNC(=O)O)CC1. The summed E-state index contributed by atoms with van der Waals surface area (Å²) in [5.41, 5.74) is 6.04. The number of nitrogens with one attached hydrogen (secondary N) is 2. The molecule has 0 unspecified atom stereocenters. The monoisotopic (exact) mass is 215 g/mol. The maximum absolute atomic E-state index is 10.1. The molecule has 0 aromatic heterocycles. The van der Waals surface area contributed by atoms with Crippen LogP contribution in [0, 0.1) is 5.41 Å². The molecule has 0 spiro atoms. The number of hydrogen-bond acceptors (Lipinski definition) is 3. The van der Waals surface area contributed by atoms with Crippen molar-refractivity contribution in [2.24, 2.45) is 11.1 Å². The minimum atomic E-state index is -0.942. The molecule has 0 aromatic rings. The Kier molecular flexibility index (Phi) is 4.84. The Hall–Kier alpha value is -0.810. The fraction of sp³-hybridized carbons (Fsp3) is 0.900. The summed E-state index contributed by atoms with van der Waals surface area (Å²) in [5, 5.41) is 14.0. The summed E-state index contributed by atoms with van der Waals surface area (Å²) >= 11 is 0. The Balaban J connectivity index is 1.83. The molecule has 0 bridgehead atoms. The first kappa shape index (κ1) is 12.3. The van der Waals surface area contributed by atoms with Gasteiger partial charge < -0.3 is 21.5 Å². The van der Waals surface area contributed by atoms with E-state index in [9.17, 15) is 4.79 Å². The highest BCUT2D eigenvalue weighted by Gasteiger charge is 2.40. The lowest BCUT2D eigenvalue weighted by molar-refractivity contribution is 0.194. The molecule has 88 valence electrons. The van der Waals surface area contributed by atoms with Gasteiger partial charge in [-0.1, -0.05) is 0 Å². The standard InChI is InChI=1S/C10H21N3O2/c11-7-10(3-4-10)8-12-5-1-2-6-13-9(14)15/h12-13H,1-8,11H2,(H,14,15). The molecule has 0 aliphatic heterocycles. The van der Waals surface area contributed by atoms with E-state index in [-0.39, 0.29) is 0 Å². The molecule has 1 amide bonds. The topological polar surface area (TPSA) is 87.4 Å². The molecule has 5 heteroatoms. The zero-order valence-electron chi connectivity index (χ0n) is 9.09. The molecule has 0 heterocycles. The van der Waals surface area contributed by atoms with Gasteiger partial charge in [-0.15, -0.1) is 0 Å². The molecule has 5 N–H and O–H groups in total. The lowest BCUT2D eigenvalue weighted by atomic mass is 10.1. The lowest BCUT2D eigenvalue weighted by Crippen LogP contribution is -2.30. The molecule has 1 saturated carbocycles. The van der Waals surface area contributed by atoms with E-state index in [1.54, 1.807) is 0 Å². The van der Waals surface area contributed by atoms with Crippen molar-refractivity contribution in [2.75, 3.05) is 26.2 Å². The van der Waals surface area contributed by atoms with Crippen LogP contribution in [0.1, 0.15) is 25.7 Å². The number of hydrogen-bond donors (Lipinski definition) is 4. The first-order chi connectivity index (χ1) is 7.18. The van der Waals surface area contributed by atoms with Gasteiger partial charge in [-0.25, -0.2) is 4.79 Å². The zero-order valence-corrected chi connectivity index (χ0v) is 9.09. The first-order valence-corrected chi connectivity index (χ1v) is 5.56. The maximum atomic E-state index is 10.1. The number of carboxylic acid groups (broad SMARTS) is 1. The predicted molar refractivity (Wildman–Crippen MR) is 58.9 cm³/mol. The van der Waals surface area contributed by atoms with Crippen molar-refractivity contribution in [3.63, 3.8) is 0 Å². The van der Waals surface area contributed by atoms with Gasteiger partial charge in [0.15, 0.2) is 0 Å². The molecular weight excluding hydrogens is 194 g/mol. The normalized spacial score (nSPS) is 17.4. The summed E-state index contributed by atoms with van der Waals surface area (Å²) in [7, 11) is 0. The van der Waals surface area contributed by atoms with E-state index < -0.39 is 6.09 Å². The van der Waals surface area contributed by atoms with Gasteiger partial charge in [0.2, 0.25) is 0 Å². The van der Waals surface area contributed by atoms with E-state index in [4.69, 9.17) is 10.8 Å². The first-order valence-electron chi connectivity index (χ1n) is 5.56. The fourth-order valence-electron chi connectivity index (χ4n) is 1.55. The summed E-state index contributed by atoms with van der Waals surface area (Å²) in [5.74, 6) is 0. The van der Waals surface area contributed by atoms with Crippen molar-refractivity contribution < 1.29 is 9.90 Å². The molecule has 0 atom stereocenters. The van der Waals surface area contributed by atoms with E-state index in [0.29, 0.717) is 12.0 Å². The molecule has 15 heavy (non-hydrogen) atoms. The summed E-state index contributed by atoms with van der Waals surface area (Å²) in [6, 6.07) is 0. The van der Waals surface area contributed by atoms with E-state index >= 15 is 0 Å². The molecule has 1 aliphatic rings. The van der Waals surface area contributed by atoms with Gasteiger partial charge in [-0.2, -0.15) is 0 Å². The van der Waals surface area contributed by atoms with Crippen LogP contribution in [0.5, 0.6) is 0 Å². The second-order valence-corrected chi connectivity index (χ2v) is 4.32. The summed E-state index contributed by atoms with van der Waals surface area (Å²) in [6.07, 6.45) is 3.44. The van der Waals surface area contributed by atoms with Crippen molar-refractivity contribution in [1.29, 1.82) is 0 Å². The van der Waals surface area contributed by atoms with Crippen LogP contribution >= 0.6 is 0 Å². The second-order valence-electron chi connectivity index (χ2n) is 4.32. The smallest absolute Gasteiger partial charge is 0.404 e. The van der Waals surface area contributed by atoms with Crippen LogP contribution in [-0.4, -0.2) is 37.4 Å². The van der Waals surface area contributed by atoms with E-state index in [2.05, 4.69) is 10.6 Å². The van der Waals surface area contributed by atoms with Gasteiger partial charge in [0.1, 0.15) is 0 Å². The lowest BCUT2D eigenvalue weighted by Gasteiger charge is -2.12. The molecule has 1 aliphatic carbocycles. The highest BCUT2D eigenvalue weighted by atomic mass is 16.4. The Labute approximate surface area is 90.4 Å². The van der Waals surface area contributed by atoms with Crippen LogP contribution in [-0.2, 0) is 0 Å². The van der Waals surface area contributed by atoms with Crippen molar-refractivity contribution in [3.05, 3.63) is 0 Å². The number of carbonyl (C=O) groups is 1. The van der Waals surface area contributed by atoms with Gasteiger partial charge >= 0.3 is 6.09 Å².